The number of hydrogen-bond donors (Lipinski definition) is 0. The molecule has 0 radical (unpaired) electrons. The van der Waals surface area contributed by atoms with Crippen molar-refractivity contribution in [1.82, 2.24) is 0 Å². The molecule has 0 unspecified atom stereocenters. The molecule has 2 aromatic rings. The molecule has 2 rings (SSSR count). The number of esters is 2. The topological polar surface area (TPSA) is 43.4 Å². The Kier molecular flexibility index (Phi) is 5.78. The molecular weight excluding hydrogens is 312 g/mol. The van der Waals surface area contributed by atoms with Crippen LogP contribution in [-0.4, -0.2) is 11.9 Å². The number of rotatable bonds is 4. The number of hydrogen-bond acceptors (Lipinski definition) is 3. The van der Waals surface area contributed by atoms with Crippen molar-refractivity contribution in [1.29, 1.82) is 0 Å². The van der Waals surface area contributed by atoms with Gasteiger partial charge in [0.25, 0.3) is 0 Å². The van der Waals surface area contributed by atoms with Gasteiger partial charge in [0.15, 0.2) is 0 Å². The largest absolute Gasteiger partial charge is 0.393 e. The Morgan fingerprint density at radius 2 is 0.920 bits per heavy atom. The summed E-state index contributed by atoms with van der Waals surface area (Å²) in [7, 11) is 0. The molecule has 0 aliphatic carbocycles. The molecule has 0 aliphatic heterocycles. The van der Waals surface area contributed by atoms with Crippen molar-refractivity contribution < 1.29 is 14.3 Å². The zero-order chi connectivity index (χ0) is 18.7. The number of benzene rings is 2. The van der Waals surface area contributed by atoms with Crippen LogP contribution >= 0.6 is 0 Å². The van der Waals surface area contributed by atoms with E-state index in [1.54, 1.807) is 0 Å². The van der Waals surface area contributed by atoms with Crippen LogP contribution in [0.15, 0.2) is 24.3 Å². The Labute approximate surface area is 150 Å². The quantitative estimate of drug-likeness (QED) is 0.613. The van der Waals surface area contributed by atoms with Crippen LogP contribution in [0.2, 0.25) is 0 Å². The van der Waals surface area contributed by atoms with Gasteiger partial charge < -0.3 is 4.74 Å². The lowest BCUT2D eigenvalue weighted by Crippen LogP contribution is -2.18. The molecule has 3 heteroatoms. The fourth-order valence-corrected chi connectivity index (χ4v) is 3.47. The summed E-state index contributed by atoms with van der Waals surface area (Å²) in [4.78, 5) is 24.4. The fraction of sp³-hybridized carbons (Fsp3) is 0.364. The number of carbonyl (C=O) groups excluding carboxylic acids is 2. The highest BCUT2D eigenvalue weighted by Crippen LogP contribution is 2.19. The Morgan fingerprint density at radius 1 is 0.640 bits per heavy atom. The normalized spacial score (nSPS) is 10.6. The van der Waals surface area contributed by atoms with Gasteiger partial charge in [0.05, 0.1) is 12.8 Å². The molecule has 0 atom stereocenters. The first-order valence-corrected chi connectivity index (χ1v) is 8.54. The number of ether oxygens (including phenoxy) is 1. The van der Waals surface area contributed by atoms with Gasteiger partial charge in [0, 0.05) is 0 Å². The number of carbonyl (C=O) groups is 2. The van der Waals surface area contributed by atoms with Crippen molar-refractivity contribution in [3.63, 3.8) is 0 Å². The first-order valence-electron chi connectivity index (χ1n) is 8.54. The first kappa shape index (κ1) is 18.9. The molecule has 0 aliphatic rings. The predicted molar refractivity (Wildman–Crippen MR) is 99.8 cm³/mol. The van der Waals surface area contributed by atoms with Crippen molar-refractivity contribution in [2.24, 2.45) is 0 Å². The summed E-state index contributed by atoms with van der Waals surface area (Å²) in [5.74, 6) is -0.995. The maximum atomic E-state index is 12.2. The van der Waals surface area contributed by atoms with Crippen LogP contribution in [0.4, 0.5) is 0 Å². The van der Waals surface area contributed by atoms with Gasteiger partial charge >= 0.3 is 11.9 Å². The van der Waals surface area contributed by atoms with Crippen LogP contribution in [0.5, 0.6) is 0 Å². The highest BCUT2D eigenvalue weighted by Gasteiger charge is 2.16. The van der Waals surface area contributed by atoms with E-state index in [1.165, 1.54) is 0 Å². The fourth-order valence-electron chi connectivity index (χ4n) is 3.47. The zero-order valence-electron chi connectivity index (χ0n) is 15.9. The highest BCUT2D eigenvalue weighted by molar-refractivity contribution is 5.88. The van der Waals surface area contributed by atoms with E-state index in [9.17, 15) is 9.59 Å². The molecule has 0 heterocycles. The molecule has 0 saturated heterocycles. The molecule has 0 aromatic heterocycles. The lowest BCUT2D eigenvalue weighted by molar-refractivity contribution is -0.158. The smallest absolute Gasteiger partial charge is 0.317 e. The van der Waals surface area contributed by atoms with Gasteiger partial charge in [-0.25, -0.2) is 0 Å². The average Bonchev–Trinajstić information content (AvgIpc) is 2.46. The SMILES string of the molecule is Cc1cc(C)c(CC(=O)OC(=O)Cc2c(C)cc(C)cc2C)c(C)c1. The average molecular weight is 338 g/mol. The Balaban J connectivity index is 2.06. The van der Waals surface area contributed by atoms with Crippen LogP contribution in [-0.2, 0) is 27.2 Å². The van der Waals surface area contributed by atoms with Crippen molar-refractivity contribution in [3.8, 4) is 0 Å². The van der Waals surface area contributed by atoms with Gasteiger partial charge in [0.2, 0.25) is 0 Å². The van der Waals surface area contributed by atoms with E-state index in [2.05, 4.69) is 0 Å². The van der Waals surface area contributed by atoms with Gasteiger partial charge in [-0.15, -0.1) is 0 Å². The Hall–Kier alpha value is -2.42. The Bertz CT molecular complexity index is 716. The minimum absolute atomic E-state index is 0.121. The molecule has 0 bridgehead atoms. The van der Waals surface area contributed by atoms with E-state index in [0.29, 0.717) is 0 Å². The predicted octanol–water partition coefficient (Wildman–Crippen LogP) is 4.39. The summed E-state index contributed by atoms with van der Waals surface area (Å²) in [6.07, 6.45) is 0.241. The number of aryl methyl sites for hydroxylation is 6. The lowest BCUT2D eigenvalue weighted by Gasteiger charge is -2.12. The molecule has 25 heavy (non-hydrogen) atoms. The standard InChI is InChI=1S/C22H26O3/c1-13-7-15(3)19(16(4)8-13)11-21(23)25-22(24)12-20-17(5)9-14(2)10-18(20)6/h7-10H,11-12H2,1-6H3. The lowest BCUT2D eigenvalue weighted by atomic mass is 9.97. The second kappa shape index (κ2) is 7.64. The molecule has 2 aromatic carbocycles. The second-order valence-corrected chi connectivity index (χ2v) is 6.95. The zero-order valence-corrected chi connectivity index (χ0v) is 15.9. The third kappa shape index (κ3) is 4.79. The van der Waals surface area contributed by atoms with Crippen LogP contribution < -0.4 is 0 Å². The summed E-state index contributed by atoms with van der Waals surface area (Å²) in [5.41, 5.74) is 8.39. The third-order valence-corrected chi connectivity index (χ3v) is 4.55. The summed E-state index contributed by atoms with van der Waals surface area (Å²) in [5, 5.41) is 0. The maximum absolute atomic E-state index is 12.2. The molecule has 3 nitrogen and oxygen atoms in total. The maximum Gasteiger partial charge on any atom is 0.317 e. The third-order valence-electron chi connectivity index (χ3n) is 4.55. The Morgan fingerprint density at radius 3 is 1.20 bits per heavy atom. The first-order chi connectivity index (χ1) is 11.7. The summed E-state index contributed by atoms with van der Waals surface area (Å²) in [6, 6.07) is 8.15. The minimum atomic E-state index is -0.498. The highest BCUT2D eigenvalue weighted by atomic mass is 16.6. The van der Waals surface area contributed by atoms with Crippen molar-refractivity contribution >= 4 is 11.9 Å². The van der Waals surface area contributed by atoms with Gasteiger partial charge in [-0.2, -0.15) is 0 Å². The summed E-state index contributed by atoms with van der Waals surface area (Å²) in [6.45, 7) is 12.0. The van der Waals surface area contributed by atoms with E-state index < -0.39 is 11.9 Å². The van der Waals surface area contributed by atoms with Gasteiger partial charge in [-0.1, -0.05) is 35.4 Å². The van der Waals surface area contributed by atoms with Gasteiger partial charge in [-0.3, -0.25) is 9.59 Å². The van der Waals surface area contributed by atoms with E-state index in [-0.39, 0.29) is 12.8 Å². The van der Waals surface area contributed by atoms with Crippen molar-refractivity contribution in [2.45, 2.75) is 54.4 Å². The minimum Gasteiger partial charge on any atom is -0.393 e. The van der Waals surface area contributed by atoms with Crippen LogP contribution in [0, 0.1) is 41.5 Å². The summed E-state index contributed by atoms with van der Waals surface area (Å²) >= 11 is 0. The van der Waals surface area contributed by atoms with E-state index in [4.69, 9.17) is 4.74 Å². The van der Waals surface area contributed by atoms with Crippen LogP contribution in [0.3, 0.4) is 0 Å². The molecule has 132 valence electrons. The molecule has 0 spiro atoms. The van der Waals surface area contributed by atoms with Crippen molar-refractivity contribution in [3.05, 3.63) is 68.8 Å². The van der Waals surface area contributed by atoms with Crippen LogP contribution in [0.25, 0.3) is 0 Å². The van der Waals surface area contributed by atoms with Gasteiger partial charge in [0.1, 0.15) is 0 Å². The monoisotopic (exact) mass is 338 g/mol. The van der Waals surface area contributed by atoms with Crippen molar-refractivity contribution in [2.75, 3.05) is 0 Å². The van der Waals surface area contributed by atoms with Gasteiger partial charge in [-0.05, 0) is 74.9 Å². The molecule has 0 amide bonds. The second-order valence-electron chi connectivity index (χ2n) is 6.95. The molecule has 0 fully saturated rings. The summed E-state index contributed by atoms with van der Waals surface area (Å²) < 4.78 is 5.06. The molecule has 0 saturated carbocycles. The van der Waals surface area contributed by atoms with E-state index in [1.807, 2.05) is 65.8 Å². The van der Waals surface area contributed by atoms with Crippen LogP contribution in [0.1, 0.15) is 44.5 Å². The van der Waals surface area contributed by atoms with E-state index in [0.717, 1.165) is 44.5 Å². The van der Waals surface area contributed by atoms with E-state index >= 15 is 0 Å². The molecular formula is C22H26O3. The molecule has 0 N–H and O–H groups in total.